The van der Waals surface area contributed by atoms with Crippen molar-refractivity contribution in [1.29, 1.82) is 0 Å². The lowest BCUT2D eigenvalue weighted by atomic mass is 10.0. The van der Waals surface area contributed by atoms with E-state index in [1.807, 2.05) is 13.1 Å². The smallest absolute Gasteiger partial charge is 0.191 e. The summed E-state index contributed by atoms with van der Waals surface area (Å²) in [6.07, 6.45) is 2.07. The molecule has 33 heavy (non-hydrogen) atoms. The molecular weight excluding hydrogens is 527 g/mol. The zero-order valence-electron chi connectivity index (χ0n) is 19.5. The summed E-state index contributed by atoms with van der Waals surface area (Å²) in [6.45, 7) is 2.67. The second-order valence-electron chi connectivity index (χ2n) is 8.04. The average molecular weight is 560 g/mol. The van der Waals surface area contributed by atoms with Gasteiger partial charge >= 0.3 is 0 Å². The monoisotopic (exact) mass is 560 g/mol. The lowest BCUT2D eigenvalue weighted by Gasteiger charge is -2.34. The molecule has 1 aliphatic rings. The van der Waals surface area contributed by atoms with Gasteiger partial charge in [-0.1, -0.05) is 42.5 Å². The highest BCUT2D eigenvalue weighted by atomic mass is 127. The van der Waals surface area contributed by atoms with Gasteiger partial charge in [0.25, 0.3) is 0 Å². The normalized spacial score (nSPS) is 14.5. The van der Waals surface area contributed by atoms with Crippen LogP contribution in [-0.2, 0) is 6.54 Å². The Morgan fingerprint density at radius 2 is 1.64 bits per heavy atom. The van der Waals surface area contributed by atoms with Crippen LogP contribution in [0.15, 0.2) is 65.7 Å². The minimum Gasteiger partial charge on any atom is -0.497 e. The zero-order valence-corrected chi connectivity index (χ0v) is 21.8. The Bertz CT molecular complexity index is 1050. The van der Waals surface area contributed by atoms with Gasteiger partial charge < -0.3 is 25.0 Å². The molecule has 1 fully saturated rings. The highest BCUT2D eigenvalue weighted by molar-refractivity contribution is 14.0. The van der Waals surface area contributed by atoms with Crippen LogP contribution < -0.4 is 25.0 Å². The summed E-state index contributed by atoms with van der Waals surface area (Å²) < 4.78 is 10.8. The molecule has 0 spiro atoms. The van der Waals surface area contributed by atoms with Gasteiger partial charge in [0, 0.05) is 56.6 Å². The number of piperidine rings is 1. The maximum absolute atomic E-state index is 5.42. The number of nitrogens with zero attached hydrogens (tertiary/aromatic N) is 2. The Kier molecular flexibility index (Phi) is 9.05. The Morgan fingerprint density at radius 3 is 2.30 bits per heavy atom. The summed E-state index contributed by atoms with van der Waals surface area (Å²) >= 11 is 0. The summed E-state index contributed by atoms with van der Waals surface area (Å²) in [7, 11) is 5.20. The van der Waals surface area contributed by atoms with Gasteiger partial charge in [0.15, 0.2) is 5.96 Å². The van der Waals surface area contributed by atoms with E-state index in [0.717, 1.165) is 55.6 Å². The van der Waals surface area contributed by atoms with E-state index < -0.39 is 0 Å². The van der Waals surface area contributed by atoms with Gasteiger partial charge in [0.05, 0.1) is 14.2 Å². The molecule has 1 saturated heterocycles. The van der Waals surface area contributed by atoms with E-state index in [0.29, 0.717) is 6.04 Å². The molecule has 1 aliphatic heterocycles. The van der Waals surface area contributed by atoms with Crippen LogP contribution in [0.25, 0.3) is 10.8 Å². The number of ether oxygens (including phenoxy) is 2. The van der Waals surface area contributed by atoms with Crippen LogP contribution in [0.3, 0.4) is 0 Å². The first-order chi connectivity index (χ1) is 15.7. The first-order valence-electron chi connectivity index (χ1n) is 11.1. The van der Waals surface area contributed by atoms with Crippen LogP contribution in [0.1, 0.15) is 18.4 Å². The van der Waals surface area contributed by atoms with E-state index in [1.165, 1.54) is 16.3 Å². The molecule has 176 valence electrons. The van der Waals surface area contributed by atoms with E-state index in [1.54, 1.807) is 14.2 Å². The number of hydrogen-bond donors (Lipinski definition) is 2. The SMILES string of the molecule is CN=C(NCc1cccc2ccccc12)NC1CCN(c2cc(OC)cc(OC)c2)CC1.I. The number of halogens is 1. The van der Waals surface area contributed by atoms with Crippen molar-refractivity contribution >= 4 is 46.4 Å². The number of methoxy groups -OCH3 is 2. The van der Waals surface area contributed by atoms with Gasteiger partial charge in [-0.2, -0.15) is 0 Å². The molecule has 3 aromatic rings. The topological polar surface area (TPSA) is 58.1 Å². The minimum atomic E-state index is 0. The van der Waals surface area contributed by atoms with Gasteiger partial charge in [-0.15, -0.1) is 24.0 Å². The van der Waals surface area contributed by atoms with Gasteiger partial charge in [-0.05, 0) is 29.2 Å². The van der Waals surface area contributed by atoms with Crippen molar-refractivity contribution in [3.05, 3.63) is 66.2 Å². The molecule has 0 amide bonds. The third-order valence-corrected chi connectivity index (χ3v) is 6.09. The lowest BCUT2D eigenvalue weighted by molar-refractivity contribution is 0.393. The number of aliphatic imine (C=N–C) groups is 1. The second kappa shape index (κ2) is 12.0. The maximum atomic E-state index is 5.42. The first-order valence-corrected chi connectivity index (χ1v) is 11.1. The predicted octanol–water partition coefficient (Wildman–Crippen LogP) is 4.81. The van der Waals surface area contributed by atoms with Crippen molar-refractivity contribution in [3.8, 4) is 11.5 Å². The number of guanidine groups is 1. The van der Waals surface area contributed by atoms with Gasteiger partial charge in [-0.25, -0.2) is 0 Å². The maximum Gasteiger partial charge on any atom is 0.191 e. The molecule has 6 nitrogen and oxygen atoms in total. The molecule has 7 heteroatoms. The van der Waals surface area contributed by atoms with Gasteiger partial charge in [-0.3, -0.25) is 4.99 Å². The molecule has 0 radical (unpaired) electrons. The molecule has 0 saturated carbocycles. The number of benzene rings is 3. The second-order valence-corrected chi connectivity index (χ2v) is 8.04. The highest BCUT2D eigenvalue weighted by Crippen LogP contribution is 2.30. The van der Waals surface area contributed by atoms with Crippen molar-refractivity contribution in [2.45, 2.75) is 25.4 Å². The molecular formula is C26H33IN4O2. The molecule has 0 atom stereocenters. The highest BCUT2D eigenvalue weighted by Gasteiger charge is 2.21. The van der Waals surface area contributed by atoms with Crippen molar-refractivity contribution in [1.82, 2.24) is 10.6 Å². The lowest BCUT2D eigenvalue weighted by Crippen LogP contribution is -2.48. The quantitative estimate of drug-likeness (QED) is 0.258. The van der Waals surface area contributed by atoms with Crippen LogP contribution in [-0.4, -0.2) is 46.4 Å². The molecule has 4 rings (SSSR count). The number of anilines is 1. The average Bonchev–Trinajstić information content (AvgIpc) is 2.86. The van der Waals surface area contributed by atoms with Gasteiger partial charge in [0.2, 0.25) is 0 Å². The van der Waals surface area contributed by atoms with E-state index >= 15 is 0 Å². The first kappa shape index (κ1) is 25.0. The standard InChI is InChI=1S/C26H32N4O2.HI/c1-27-26(28-18-20-9-6-8-19-7-4-5-10-25(19)20)29-21-11-13-30(14-12-21)22-15-23(31-2)17-24(16-22)32-3;/h4-10,15-17,21H,11-14,18H2,1-3H3,(H2,27,28,29);1H. The Hall–Kier alpha value is -2.68. The molecule has 0 aliphatic carbocycles. The third kappa shape index (κ3) is 6.22. The summed E-state index contributed by atoms with van der Waals surface area (Å²) in [5.41, 5.74) is 2.41. The van der Waals surface area contributed by atoms with E-state index in [4.69, 9.17) is 9.47 Å². The zero-order chi connectivity index (χ0) is 22.3. The Balaban J connectivity index is 0.00000306. The number of nitrogens with one attached hydrogen (secondary N) is 2. The largest absolute Gasteiger partial charge is 0.497 e. The number of fused-ring (bicyclic) bond motifs is 1. The molecule has 0 unspecified atom stereocenters. The van der Waals surface area contributed by atoms with Crippen molar-refractivity contribution < 1.29 is 9.47 Å². The summed E-state index contributed by atoms with van der Waals surface area (Å²) in [5, 5.41) is 9.63. The van der Waals surface area contributed by atoms with Crippen LogP contribution in [0, 0.1) is 0 Å². The summed E-state index contributed by atoms with van der Waals surface area (Å²) in [5.74, 6) is 2.48. The summed E-state index contributed by atoms with van der Waals surface area (Å²) in [6, 6.07) is 21.4. The van der Waals surface area contributed by atoms with Crippen LogP contribution in [0.2, 0.25) is 0 Å². The van der Waals surface area contributed by atoms with Crippen molar-refractivity contribution in [2.75, 3.05) is 39.3 Å². The van der Waals surface area contributed by atoms with Gasteiger partial charge in [0.1, 0.15) is 11.5 Å². The Labute approximate surface area is 213 Å². The van der Waals surface area contributed by atoms with E-state index in [-0.39, 0.29) is 24.0 Å². The minimum absolute atomic E-state index is 0. The molecule has 2 N–H and O–H groups in total. The van der Waals surface area contributed by atoms with Crippen LogP contribution >= 0.6 is 24.0 Å². The Morgan fingerprint density at radius 1 is 0.970 bits per heavy atom. The van der Waals surface area contributed by atoms with Crippen molar-refractivity contribution in [3.63, 3.8) is 0 Å². The third-order valence-electron chi connectivity index (χ3n) is 6.09. The molecule has 0 bridgehead atoms. The fourth-order valence-corrected chi connectivity index (χ4v) is 4.27. The molecule has 3 aromatic carbocycles. The van der Waals surface area contributed by atoms with Crippen LogP contribution in [0.4, 0.5) is 5.69 Å². The fraction of sp³-hybridized carbons (Fsp3) is 0.346. The van der Waals surface area contributed by atoms with E-state index in [9.17, 15) is 0 Å². The van der Waals surface area contributed by atoms with Crippen LogP contribution in [0.5, 0.6) is 11.5 Å². The summed E-state index contributed by atoms with van der Waals surface area (Å²) in [4.78, 5) is 6.83. The fourth-order valence-electron chi connectivity index (χ4n) is 4.27. The molecule has 0 aromatic heterocycles. The van der Waals surface area contributed by atoms with E-state index in [2.05, 4.69) is 75.1 Å². The number of hydrogen-bond acceptors (Lipinski definition) is 4. The molecule has 1 heterocycles. The number of rotatable bonds is 6. The predicted molar refractivity (Wildman–Crippen MR) is 147 cm³/mol. The van der Waals surface area contributed by atoms with Crippen molar-refractivity contribution in [2.24, 2.45) is 4.99 Å².